The highest BCUT2D eigenvalue weighted by Gasteiger charge is 2.07. The van der Waals surface area contributed by atoms with Crippen molar-refractivity contribution in [2.24, 2.45) is 5.92 Å². The van der Waals surface area contributed by atoms with E-state index in [1.807, 2.05) is 31.2 Å². The molecule has 0 aliphatic heterocycles. The first kappa shape index (κ1) is 10.3. The number of Topliss-reactive ketones (excluding diaryl/α,β-unsaturated/α-hetero) is 1. The van der Waals surface area contributed by atoms with Gasteiger partial charge in [-0.25, -0.2) is 0 Å². The molecule has 13 heavy (non-hydrogen) atoms. The molecule has 0 saturated heterocycles. The molecule has 0 aliphatic rings. The van der Waals surface area contributed by atoms with E-state index in [2.05, 4.69) is 0 Å². The second-order valence-corrected chi connectivity index (χ2v) is 3.78. The van der Waals surface area contributed by atoms with E-state index in [1.54, 1.807) is 6.92 Å². The van der Waals surface area contributed by atoms with E-state index in [0.29, 0.717) is 0 Å². The number of rotatable bonds is 3. The van der Waals surface area contributed by atoms with Crippen molar-refractivity contribution in [1.29, 1.82) is 0 Å². The summed E-state index contributed by atoms with van der Waals surface area (Å²) < 4.78 is 0. The number of benzene rings is 1. The molecule has 70 valence electrons. The average Bonchev–Trinajstić information content (AvgIpc) is 2.08. The first-order valence-electron chi connectivity index (χ1n) is 4.34. The number of carbonyl (C=O) groups is 1. The van der Waals surface area contributed by atoms with Gasteiger partial charge in [0.2, 0.25) is 0 Å². The second-order valence-electron chi connectivity index (χ2n) is 3.34. The van der Waals surface area contributed by atoms with Crippen molar-refractivity contribution in [3.05, 3.63) is 34.9 Å². The lowest BCUT2D eigenvalue weighted by molar-refractivity contribution is -0.120. The van der Waals surface area contributed by atoms with Crippen LogP contribution in [-0.2, 0) is 11.2 Å². The summed E-state index contributed by atoms with van der Waals surface area (Å²) in [5, 5.41) is 0.735. The molecule has 1 aromatic rings. The third kappa shape index (κ3) is 3.19. The lowest BCUT2D eigenvalue weighted by Crippen LogP contribution is -2.09. The smallest absolute Gasteiger partial charge is 0.132 e. The van der Waals surface area contributed by atoms with Gasteiger partial charge in [0.15, 0.2) is 0 Å². The maximum atomic E-state index is 11.0. The summed E-state index contributed by atoms with van der Waals surface area (Å²) in [7, 11) is 0. The predicted molar refractivity (Wildman–Crippen MR) is 55.0 cm³/mol. The molecule has 0 aromatic heterocycles. The van der Waals surface area contributed by atoms with Gasteiger partial charge in [-0.1, -0.05) is 30.7 Å². The van der Waals surface area contributed by atoms with E-state index >= 15 is 0 Å². The Labute approximate surface area is 83.7 Å². The molecule has 2 heteroatoms. The maximum Gasteiger partial charge on any atom is 0.132 e. The lowest BCUT2D eigenvalue weighted by Gasteiger charge is -2.06. The van der Waals surface area contributed by atoms with Crippen LogP contribution in [0.4, 0.5) is 0 Å². The molecule has 0 heterocycles. The molecule has 0 fully saturated rings. The summed E-state index contributed by atoms with van der Waals surface area (Å²) in [6.07, 6.45) is 0.798. The fourth-order valence-corrected chi connectivity index (χ4v) is 1.24. The number of halogens is 1. The molecule has 0 amide bonds. The Morgan fingerprint density at radius 2 is 1.92 bits per heavy atom. The molecule has 1 rings (SSSR count). The van der Waals surface area contributed by atoms with Crippen LogP contribution in [0.15, 0.2) is 24.3 Å². The Kier molecular flexibility index (Phi) is 3.49. The van der Waals surface area contributed by atoms with Crippen LogP contribution in [0.3, 0.4) is 0 Å². The van der Waals surface area contributed by atoms with E-state index in [1.165, 1.54) is 0 Å². The van der Waals surface area contributed by atoms with Gasteiger partial charge in [0.25, 0.3) is 0 Å². The first-order chi connectivity index (χ1) is 6.09. The third-order valence-corrected chi connectivity index (χ3v) is 2.40. The van der Waals surface area contributed by atoms with E-state index in [4.69, 9.17) is 11.6 Å². The van der Waals surface area contributed by atoms with Crippen molar-refractivity contribution in [3.63, 3.8) is 0 Å². The monoisotopic (exact) mass is 196 g/mol. The Bertz CT molecular complexity index is 289. The summed E-state index contributed by atoms with van der Waals surface area (Å²) >= 11 is 5.74. The summed E-state index contributed by atoms with van der Waals surface area (Å²) in [6, 6.07) is 7.62. The molecule has 0 bridgehead atoms. The highest BCUT2D eigenvalue weighted by molar-refractivity contribution is 6.30. The van der Waals surface area contributed by atoms with Crippen LogP contribution in [0.2, 0.25) is 5.02 Å². The molecule has 0 aliphatic carbocycles. The van der Waals surface area contributed by atoms with Crippen molar-refractivity contribution in [2.75, 3.05) is 0 Å². The first-order valence-corrected chi connectivity index (χ1v) is 4.72. The van der Waals surface area contributed by atoms with Gasteiger partial charge in [0.1, 0.15) is 5.78 Å². The van der Waals surface area contributed by atoms with Gasteiger partial charge in [0, 0.05) is 10.9 Å². The highest BCUT2D eigenvalue weighted by Crippen LogP contribution is 2.13. The van der Waals surface area contributed by atoms with Crippen LogP contribution < -0.4 is 0 Å². The lowest BCUT2D eigenvalue weighted by atomic mass is 9.98. The van der Waals surface area contributed by atoms with E-state index in [0.717, 1.165) is 17.0 Å². The van der Waals surface area contributed by atoms with E-state index in [-0.39, 0.29) is 11.7 Å². The van der Waals surface area contributed by atoms with E-state index in [9.17, 15) is 4.79 Å². The summed E-state index contributed by atoms with van der Waals surface area (Å²) in [5.41, 5.74) is 1.16. The Morgan fingerprint density at radius 3 is 2.38 bits per heavy atom. The largest absolute Gasteiger partial charge is 0.300 e. The molecule has 0 saturated carbocycles. The third-order valence-electron chi connectivity index (χ3n) is 2.15. The van der Waals surface area contributed by atoms with Gasteiger partial charge in [-0.2, -0.15) is 0 Å². The van der Waals surface area contributed by atoms with Crippen LogP contribution in [-0.4, -0.2) is 5.78 Å². The quantitative estimate of drug-likeness (QED) is 0.726. The topological polar surface area (TPSA) is 17.1 Å². The van der Waals surface area contributed by atoms with Gasteiger partial charge >= 0.3 is 0 Å². The molecule has 0 unspecified atom stereocenters. The maximum absolute atomic E-state index is 11.0. The van der Waals surface area contributed by atoms with Crippen molar-refractivity contribution in [2.45, 2.75) is 20.3 Å². The van der Waals surface area contributed by atoms with Crippen LogP contribution in [0.25, 0.3) is 0 Å². The van der Waals surface area contributed by atoms with Crippen molar-refractivity contribution in [1.82, 2.24) is 0 Å². The van der Waals surface area contributed by atoms with Crippen LogP contribution in [0.1, 0.15) is 19.4 Å². The number of hydrogen-bond donors (Lipinski definition) is 0. The van der Waals surface area contributed by atoms with E-state index < -0.39 is 0 Å². The number of hydrogen-bond acceptors (Lipinski definition) is 1. The van der Waals surface area contributed by atoms with Crippen LogP contribution >= 0.6 is 11.6 Å². The van der Waals surface area contributed by atoms with Crippen molar-refractivity contribution in [3.8, 4) is 0 Å². The molecule has 1 aromatic carbocycles. The molecule has 0 spiro atoms. The van der Waals surface area contributed by atoms with Gasteiger partial charge in [-0.3, -0.25) is 4.79 Å². The molecule has 0 N–H and O–H groups in total. The molecule has 1 nitrogen and oxygen atoms in total. The summed E-state index contributed by atoms with van der Waals surface area (Å²) in [6.45, 7) is 3.57. The minimum Gasteiger partial charge on any atom is -0.300 e. The number of carbonyl (C=O) groups excluding carboxylic acids is 1. The van der Waals surface area contributed by atoms with Gasteiger partial charge in [-0.15, -0.1) is 0 Å². The Hall–Kier alpha value is -0.820. The van der Waals surface area contributed by atoms with Crippen LogP contribution in [0, 0.1) is 5.92 Å². The minimum atomic E-state index is 0.0983. The Morgan fingerprint density at radius 1 is 1.38 bits per heavy atom. The summed E-state index contributed by atoms with van der Waals surface area (Å²) in [4.78, 5) is 11.0. The summed E-state index contributed by atoms with van der Waals surface area (Å²) in [5.74, 6) is 0.330. The van der Waals surface area contributed by atoms with Gasteiger partial charge < -0.3 is 0 Å². The van der Waals surface area contributed by atoms with Gasteiger partial charge in [0.05, 0.1) is 0 Å². The molecular formula is C11H13ClO. The number of ketones is 1. The van der Waals surface area contributed by atoms with Gasteiger partial charge in [-0.05, 0) is 31.0 Å². The molecule has 0 radical (unpaired) electrons. The normalized spacial score (nSPS) is 12.5. The molecular weight excluding hydrogens is 184 g/mol. The molecule has 1 atom stereocenters. The average molecular weight is 197 g/mol. The highest BCUT2D eigenvalue weighted by atomic mass is 35.5. The predicted octanol–water partition coefficient (Wildman–Crippen LogP) is 3.11. The standard InChI is InChI=1S/C11H13ClO/c1-8(9(2)13)7-10-3-5-11(12)6-4-10/h3-6,8H,7H2,1-2H3/t8-/m0/s1. The second kappa shape index (κ2) is 4.43. The minimum absolute atomic E-state index is 0.0983. The Balaban J connectivity index is 2.64. The zero-order valence-corrected chi connectivity index (χ0v) is 8.64. The van der Waals surface area contributed by atoms with Crippen molar-refractivity contribution < 1.29 is 4.79 Å². The van der Waals surface area contributed by atoms with Crippen LogP contribution in [0.5, 0.6) is 0 Å². The fourth-order valence-electron chi connectivity index (χ4n) is 1.12. The zero-order valence-electron chi connectivity index (χ0n) is 7.88. The fraction of sp³-hybridized carbons (Fsp3) is 0.364. The van der Waals surface area contributed by atoms with Crippen molar-refractivity contribution >= 4 is 17.4 Å². The SMILES string of the molecule is CC(=O)[C@@H](C)Cc1ccc(Cl)cc1. The zero-order chi connectivity index (χ0) is 9.84.